The van der Waals surface area contributed by atoms with Crippen LogP contribution in [0.4, 0.5) is 0 Å². The Morgan fingerprint density at radius 1 is 1.29 bits per heavy atom. The van der Waals surface area contributed by atoms with E-state index >= 15 is 0 Å². The number of hydrogen-bond donors (Lipinski definition) is 0. The molecule has 0 unspecified atom stereocenters. The Bertz CT molecular complexity index is 469. The zero-order chi connectivity index (χ0) is 15.1. The van der Waals surface area contributed by atoms with Gasteiger partial charge >= 0.3 is 0 Å². The lowest BCUT2D eigenvalue weighted by Gasteiger charge is -2.34. The summed E-state index contributed by atoms with van der Waals surface area (Å²) >= 11 is 3.42. The SMILES string of the molecule is CCCC1CCC(C#N)(CCOc2ccc(Br)cc2)CC1. The molecule has 0 atom stereocenters. The fourth-order valence-corrected chi connectivity index (χ4v) is 3.50. The van der Waals surface area contributed by atoms with Crippen LogP contribution < -0.4 is 4.74 Å². The summed E-state index contributed by atoms with van der Waals surface area (Å²) in [5, 5.41) is 9.58. The minimum absolute atomic E-state index is 0.153. The van der Waals surface area contributed by atoms with Crippen molar-refractivity contribution in [2.75, 3.05) is 6.61 Å². The minimum Gasteiger partial charge on any atom is -0.494 e. The van der Waals surface area contributed by atoms with Gasteiger partial charge in [-0.15, -0.1) is 0 Å². The van der Waals surface area contributed by atoms with Crippen molar-refractivity contribution < 1.29 is 4.74 Å². The maximum Gasteiger partial charge on any atom is 0.119 e. The second-order valence-electron chi connectivity index (χ2n) is 6.18. The van der Waals surface area contributed by atoms with E-state index in [1.807, 2.05) is 24.3 Å². The van der Waals surface area contributed by atoms with Gasteiger partial charge in [-0.2, -0.15) is 5.26 Å². The summed E-state index contributed by atoms with van der Waals surface area (Å²) in [6.07, 6.45) is 7.92. The zero-order valence-corrected chi connectivity index (χ0v) is 14.4. The third-order valence-electron chi connectivity index (χ3n) is 4.66. The molecule has 0 aliphatic heterocycles. The van der Waals surface area contributed by atoms with Crippen molar-refractivity contribution in [3.8, 4) is 11.8 Å². The number of nitrogens with zero attached hydrogens (tertiary/aromatic N) is 1. The van der Waals surface area contributed by atoms with Crippen molar-refractivity contribution >= 4 is 15.9 Å². The number of ether oxygens (including phenoxy) is 1. The molecule has 0 N–H and O–H groups in total. The van der Waals surface area contributed by atoms with Crippen LogP contribution in [0.2, 0.25) is 0 Å². The number of rotatable bonds is 6. The zero-order valence-electron chi connectivity index (χ0n) is 12.8. The highest BCUT2D eigenvalue weighted by molar-refractivity contribution is 9.10. The maximum atomic E-state index is 9.58. The van der Waals surface area contributed by atoms with Gasteiger partial charge in [-0.3, -0.25) is 0 Å². The Labute approximate surface area is 136 Å². The van der Waals surface area contributed by atoms with Gasteiger partial charge in [0.1, 0.15) is 5.75 Å². The van der Waals surface area contributed by atoms with Crippen LogP contribution in [0.5, 0.6) is 5.75 Å². The summed E-state index contributed by atoms with van der Waals surface area (Å²) in [5.41, 5.74) is -0.153. The quantitative estimate of drug-likeness (QED) is 0.657. The molecule has 1 aromatic rings. The molecule has 21 heavy (non-hydrogen) atoms. The topological polar surface area (TPSA) is 33.0 Å². The number of nitriles is 1. The average Bonchev–Trinajstić information content (AvgIpc) is 2.51. The Balaban J connectivity index is 1.80. The van der Waals surface area contributed by atoms with E-state index in [1.54, 1.807) is 0 Å². The molecule has 2 rings (SSSR count). The Morgan fingerprint density at radius 2 is 1.95 bits per heavy atom. The van der Waals surface area contributed by atoms with E-state index in [-0.39, 0.29) is 5.41 Å². The summed E-state index contributed by atoms with van der Waals surface area (Å²) in [7, 11) is 0. The van der Waals surface area contributed by atoms with Gasteiger partial charge in [0.15, 0.2) is 0 Å². The van der Waals surface area contributed by atoms with Crippen LogP contribution in [-0.2, 0) is 0 Å². The first-order valence-electron chi connectivity index (χ1n) is 7.97. The average molecular weight is 350 g/mol. The molecule has 0 bridgehead atoms. The Hall–Kier alpha value is -1.01. The summed E-state index contributed by atoms with van der Waals surface area (Å²) in [5.74, 6) is 1.72. The van der Waals surface area contributed by atoms with E-state index < -0.39 is 0 Å². The summed E-state index contributed by atoms with van der Waals surface area (Å²) in [6.45, 7) is 2.88. The highest BCUT2D eigenvalue weighted by atomic mass is 79.9. The Kier molecular flexibility index (Phi) is 6.11. The second-order valence-corrected chi connectivity index (χ2v) is 7.09. The first kappa shape index (κ1) is 16.4. The molecular formula is C18H24BrNO. The van der Waals surface area contributed by atoms with E-state index in [9.17, 15) is 5.26 Å². The molecule has 1 aliphatic carbocycles. The van der Waals surface area contributed by atoms with E-state index in [0.29, 0.717) is 6.61 Å². The fraction of sp³-hybridized carbons (Fsp3) is 0.611. The lowest BCUT2D eigenvalue weighted by Crippen LogP contribution is -2.28. The normalized spacial score (nSPS) is 25.3. The molecular weight excluding hydrogens is 326 g/mol. The highest BCUT2D eigenvalue weighted by Crippen LogP contribution is 2.42. The van der Waals surface area contributed by atoms with Crippen LogP contribution in [0.3, 0.4) is 0 Å². The molecule has 3 heteroatoms. The molecule has 1 saturated carbocycles. The molecule has 0 amide bonds. The van der Waals surface area contributed by atoms with Crippen molar-refractivity contribution in [3.05, 3.63) is 28.7 Å². The first-order chi connectivity index (χ1) is 10.2. The van der Waals surface area contributed by atoms with Crippen molar-refractivity contribution in [1.82, 2.24) is 0 Å². The summed E-state index contributed by atoms with van der Waals surface area (Å²) in [4.78, 5) is 0. The fourth-order valence-electron chi connectivity index (χ4n) is 3.24. The smallest absolute Gasteiger partial charge is 0.119 e. The lowest BCUT2D eigenvalue weighted by molar-refractivity contribution is 0.159. The van der Waals surface area contributed by atoms with Crippen LogP contribution in [0, 0.1) is 22.7 Å². The molecule has 1 aliphatic rings. The van der Waals surface area contributed by atoms with Crippen LogP contribution in [-0.4, -0.2) is 6.61 Å². The summed E-state index contributed by atoms with van der Waals surface area (Å²) < 4.78 is 6.85. The maximum absolute atomic E-state index is 9.58. The highest BCUT2D eigenvalue weighted by Gasteiger charge is 2.35. The van der Waals surface area contributed by atoms with Gasteiger partial charge in [0.05, 0.1) is 18.1 Å². The van der Waals surface area contributed by atoms with Crippen molar-refractivity contribution in [2.24, 2.45) is 11.3 Å². The Morgan fingerprint density at radius 3 is 2.52 bits per heavy atom. The van der Waals surface area contributed by atoms with Gasteiger partial charge in [-0.05, 0) is 55.9 Å². The third-order valence-corrected chi connectivity index (χ3v) is 5.19. The van der Waals surface area contributed by atoms with E-state index in [0.717, 1.165) is 35.4 Å². The number of hydrogen-bond acceptors (Lipinski definition) is 2. The molecule has 0 heterocycles. The first-order valence-corrected chi connectivity index (χ1v) is 8.76. The van der Waals surface area contributed by atoms with Gasteiger partial charge in [0.2, 0.25) is 0 Å². The van der Waals surface area contributed by atoms with Crippen LogP contribution in [0.15, 0.2) is 28.7 Å². The van der Waals surface area contributed by atoms with Gasteiger partial charge < -0.3 is 4.74 Å². The monoisotopic (exact) mass is 349 g/mol. The van der Waals surface area contributed by atoms with Crippen LogP contribution in [0.25, 0.3) is 0 Å². The van der Waals surface area contributed by atoms with E-state index in [1.165, 1.54) is 25.7 Å². The van der Waals surface area contributed by atoms with Gasteiger partial charge in [-0.1, -0.05) is 35.7 Å². The summed E-state index contributed by atoms with van der Waals surface area (Å²) in [6, 6.07) is 10.5. The predicted molar refractivity (Wildman–Crippen MR) is 89.2 cm³/mol. The van der Waals surface area contributed by atoms with Gasteiger partial charge in [0, 0.05) is 10.9 Å². The van der Waals surface area contributed by atoms with Crippen LogP contribution in [0.1, 0.15) is 51.9 Å². The molecule has 0 spiro atoms. The molecule has 0 radical (unpaired) electrons. The number of benzene rings is 1. The predicted octanol–water partition coefficient (Wildman–Crippen LogP) is 5.72. The van der Waals surface area contributed by atoms with Gasteiger partial charge in [-0.25, -0.2) is 0 Å². The second kappa shape index (κ2) is 7.84. The standard InChI is InChI=1S/C18H24BrNO/c1-2-3-15-8-10-18(14-20,11-9-15)12-13-21-17-6-4-16(19)5-7-17/h4-7,15H,2-3,8-13H2,1H3. The molecule has 0 saturated heterocycles. The molecule has 114 valence electrons. The lowest BCUT2D eigenvalue weighted by atomic mass is 9.69. The molecule has 2 nitrogen and oxygen atoms in total. The van der Waals surface area contributed by atoms with Crippen molar-refractivity contribution in [3.63, 3.8) is 0 Å². The van der Waals surface area contributed by atoms with E-state index in [2.05, 4.69) is 28.9 Å². The largest absolute Gasteiger partial charge is 0.494 e. The van der Waals surface area contributed by atoms with Crippen molar-refractivity contribution in [2.45, 2.75) is 51.9 Å². The molecule has 1 aromatic carbocycles. The van der Waals surface area contributed by atoms with Crippen molar-refractivity contribution in [1.29, 1.82) is 5.26 Å². The van der Waals surface area contributed by atoms with Crippen LogP contribution >= 0.6 is 15.9 Å². The minimum atomic E-state index is -0.153. The van der Waals surface area contributed by atoms with Gasteiger partial charge in [0.25, 0.3) is 0 Å². The molecule has 0 aromatic heterocycles. The third kappa shape index (κ3) is 4.74. The molecule has 1 fully saturated rings. The van der Waals surface area contributed by atoms with E-state index in [4.69, 9.17) is 4.74 Å². The number of halogens is 1.